The van der Waals surface area contributed by atoms with Gasteiger partial charge in [-0.05, 0) is 86.6 Å². The molecule has 0 aromatic carbocycles. The number of Topliss-reactive ketones (excluding diaryl/α,β-unsaturated/α-hetero) is 1. The molecule has 5 rings (SSSR count). The van der Waals surface area contributed by atoms with E-state index in [0.717, 1.165) is 51.5 Å². The molecule has 2 spiro atoms. The standard InChI is InChI=1S/C40H66N6O6/c1-11-14-26(28(47)33(50)41-25-16-17-25)42-32(49)27-21-40(38(8,9)39(40)18-13-19-39)23-46(27)35(52)30(37(5,6)7)44-34(51)29(36(2,3)4)43-31(48)24-15-12-20-45(10)22-24/h24-27,29-30H,11-23H2,1-10H3,(H,41,50)(H,42,49)(H,43,48)(H,44,51)/t24-,26-,27-,29+,30+,40+/m0/s1. The van der Waals surface area contributed by atoms with E-state index in [1.807, 2.05) is 55.5 Å². The maximum absolute atomic E-state index is 15.0. The van der Waals surface area contributed by atoms with Crippen LogP contribution >= 0.6 is 0 Å². The zero-order valence-corrected chi connectivity index (χ0v) is 33.5. The number of amides is 5. The van der Waals surface area contributed by atoms with Crippen molar-refractivity contribution in [3.05, 3.63) is 0 Å². The minimum atomic E-state index is -0.996. The first-order valence-corrected chi connectivity index (χ1v) is 19.8. The lowest BCUT2D eigenvalue weighted by molar-refractivity contribution is -0.146. The van der Waals surface area contributed by atoms with Gasteiger partial charge in [0, 0.05) is 24.5 Å². The number of hydrogen-bond acceptors (Lipinski definition) is 7. The Morgan fingerprint density at radius 2 is 1.44 bits per heavy atom. The van der Waals surface area contributed by atoms with Crippen molar-refractivity contribution in [2.45, 2.75) is 157 Å². The third-order valence-electron chi connectivity index (χ3n) is 13.6. The molecule has 2 saturated heterocycles. The summed E-state index contributed by atoms with van der Waals surface area (Å²) in [6.45, 7) is 19.7. The Morgan fingerprint density at radius 1 is 0.808 bits per heavy atom. The molecule has 0 unspecified atom stereocenters. The van der Waals surface area contributed by atoms with Crippen LogP contribution in [0.15, 0.2) is 0 Å². The number of nitrogens with one attached hydrogen (secondary N) is 4. The maximum Gasteiger partial charge on any atom is 0.289 e. The molecule has 12 heteroatoms. The lowest BCUT2D eigenvalue weighted by atomic mass is 9.73. The van der Waals surface area contributed by atoms with Gasteiger partial charge in [-0.3, -0.25) is 28.8 Å². The van der Waals surface area contributed by atoms with Crippen LogP contribution in [-0.2, 0) is 28.8 Å². The van der Waals surface area contributed by atoms with Gasteiger partial charge < -0.3 is 31.1 Å². The van der Waals surface area contributed by atoms with E-state index in [-0.39, 0.29) is 40.0 Å². The summed E-state index contributed by atoms with van der Waals surface area (Å²) in [5, 5.41) is 11.8. The van der Waals surface area contributed by atoms with Crippen LogP contribution in [0.1, 0.15) is 127 Å². The van der Waals surface area contributed by atoms with Gasteiger partial charge in [0.05, 0.1) is 12.0 Å². The predicted octanol–water partition coefficient (Wildman–Crippen LogP) is 3.32. The number of likely N-dealkylation sites (tertiary alicyclic amines) is 2. The van der Waals surface area contributed by atoms with E-state index in [9.17, 15) is 28.8 Å². The third-order valence-corrected chi connectivity index (χ3v) is 13.6. The smallest absolute Gasteiger partial charge is 0.289 e. The number of nitrogens with zero attached hydrogens (tertiary/aromatic N) is 2. The highest BCUT2D eigenvalue weighted by Crippen LogP contribution is 2.88. The molecule has 12 nitrogen and oxygen atoms in total. The normalized spacial score (nSPS) is 28.3. The number of fused-ring (bicyclic) bond motifs is 1. The van der Waals surface area contributed by atoms with Crippen LogP contribution in [0.4, 0.5) is 0 Å². The summed E-state index contributed by atoms with van der Waals surface area (Å²) in [6.07, 6.45) is 7.89. The van der Waals surface area contributed by atoms with Crippen LogP contribution in [0.5, 0.6) is 0 Å². The van der Waals surface area contributed by atoms with Crippen LogP contribution in [-0.4, -0.2) is 102 Å². The van der Waals surface area contributed by atoms with Gasteiger partial charge in [0.2, 0.25) is 29.4 Å². The van der Waals surface area contributed by atoms with E-state index in [1.54, 1.807) is 4.90 Å². The monoisotopic (exact) mass is 727 g/mol. The highest BCUT2D eigenvalue weighted by Gasteiger charge is 2.85. The Morgan fingerprint density at radius 3 is 1.94 bits per heavy atom. The maximum atomic E-state index is 15.0. The summed E-state index contributed by atoms with van der Waals surface area (Å²) in [6, 6.07) is -3.74. The molecular formula is C40H66N6O6. The van der Waals surface area contributed by atoms with Crippen LogP contribution in [0.2, 0.25) is 0 Å². The summed E-state index contributed by atoms with van der Waals surface area (Å²) in [5.41, 5.74) is -1.72. The SMILES string of the molecule is CCC[C@H](NC(=O)[C@@H]1C[C@@]2(CN1C(=O)[C@@H](NC(=O)[C@@H](NC(=O)[C@H]1CCCN(C)C1)C(C)(C)C)C(C)(C)C)C(C)(C)C21CCC1)C(=O)C(=O)NC1CC1. The Labute approximate surface area is 311 Å². The Balaban J connectivity index is 1.40. The highest BCUT2D eigenvalue weighted by molar-refractivity contribution is 6.38. The second-order valence-corrected chi connectivity index (χ2v) is 19.5. The van der Waals surface area contributed by atoms with Gasteiger partial charge in [-0.15, -0.1) is 0 Å². The Hall–Kier alpha value is -3.02. The molecule has 5 fully saturated rings. The van der Waals surface area contributed by atoms with Gasteiger partial charge in [0.15, 0.2) is 0 Å². The molecule has 4 N–H and O–H groups in total. The van der Waals surface area contributed by atoms with E-state index < -0.39 is 58.5 Å². The average Bonchev–Trinajstić information content (AvgIpc) is 3.85. The largest absolute Gasteiger partial charge is 0.347 e. The molecular weight excluding hydrogens is 660 g/mol. The summed E-state index contributed by atoms with van der Waals surface area (Å²) in [7, 11) is 1.99. The van der Waals surface area contributed by atoms with Crippen molar-refractivity contribution in [1.82, 2.24) is 31.1 Å². The molecule has 6 atom stereocenters. The molecule has 2 heterocycles. The van der Waals surface area contributed by atoms with Crippen LogP contribution in [0, 0.1) is 33.0 Å². The van der Waals surface area contributed by atoms with Crippen molar-refractivity contribution in [1.29, 1.82) is 0 Å². The first kappa shape index (κ1) is 40.2. The van der Waals surface area contributed by atoms with Crippen molar-refractivity contribution in [2.24, 2.45) is 33.0 Å². The highest BCUT2D eigenvalue weighted by atomic mass is 16.2. The lowest BCUT2D eigenvalue weighted by Gasteiger charge is -2.39. The number of rotatable bonds is 12. The van der Waals surface area contributed by atoms with E-state index >= 15 is 0 Å². The molecule has 3 aliphatic carbocycles. The molecule has 5 aliphatic rings. The first-order valence-electron chi connectivity index (χ1n) is 19.8. The second-order valence-electron chi connectivity index (χ2n) is 19.5. The summed E-state index contributed by atoms with van der Waals surface area (Å²) >= 11 is 0. The van der Waals surface area contributed by atoms with Gasteiger partial charge in [0.25, 0.3) is 5.91 Å². The first-order chi connectivity index (χ1) is 24.1. The van der Waals surface area contributed by atoms with E-state index in [0.29, 0.717) is 32.4 Å². The molecule has 292 valence electrons. The minimum Gasteiger partial charge on any atom is -0.347 e. The molecule has 2 aliphatic heterocycles. The molecule has 0 radical (unpaired) electrons. The van der Waals surface area contributed by atoms with E-state index in [4.69, 9.17) is 0 Å². The second kappa shape index (κ2) is 14.3. The molecule has 5 amide bonds. The molecule has 3 saturated carbocycles. The fourth-order valence-electron chi connectivity index (χ4n) is 9.89. The van der Waals surface area contributed by atoms with Gasteiger partial charge >= 0.3 is 0 Å². The van der Waals surface area contributed by atoms with Crippen molar-refractivity contribution in [3.8, 4) is 0 Å². The number of carbonyl (C=O) groups is 6. The van der Waals surface area contributed by atoms with Crippen molar-refractivity contribution in [2.75, 3.05) is 26.7 Å². The van der Waals surface area contributed by atoms with E-state index in [2.05, 4.69) is 40.0 Å². The van der Waals surface area contributed by atoms with Gasteiger partial charge in [-0.2, -0.15) is 0 Å². The van der Waals surface area contributed by atoms with Crippen molar-refractivity contribution < 1.29 is 28.8 Å². The Bertz CT molecular complexity index is 1440. The quantitative estimate of drug-likeness (QED) is 0.225. The number of carbonyl (C=O) groups excluding carboxylic acids is 6. The molecule has 52 heavy (non-hydrogen) atoms. The van der Waals surface area contributed by atoms with Crippen LogP contribution in [0.25, 0.3) is 0 Å². The van der Waals surface area contributed by atoms with Crippen LogP contribution in [0.3, 0.4) is 0 Å². The summed E-state index contributed by atoms with van der Waals surface area (Å²) < 4.78 is 0. The minimum absolute atomic E-state index is 0.0118. The number of hydrogen-bond donors (Lipinski definition) is 4. The summed E-state index contributed by atoms with van der Waals surface area (Å²) in [5.74, 6) is -2.96. The van der Waals surface area contributed by atoms with E-state index in [1.165, 1.54) is 0 Å². The number of piperidine rings is 1. The van der Waals surface area contributed by atoms with Gasteiger partial charge in [-0.1, -0.05) is 75.2 Å². The predicted molar refractivity (Wildman–Crippen MR) is 199 cm³/mol. The molecule has 0 bridgehead atoms. The topological polar surface area (TPSA) is 157 Å². The number of ketones is 1. The van der Waals surface area contributed by atoms with Crippen LogP contribution < -0.4 is 21.3 Å². The fourth-order valence-corrected chi connectivity index (χ4v) is 9.89. The third kappa shape index (κ3) is 7.38. The Kier molecular flexibility index (Phi) is 11.1. The van der Waals surface area contributed by atoms with Crippen molar-refractivity contribution in [3.63, 3.8) is 0 Å². The molecule has 0 aromatic heterocycles. The fraction of sp³-hybridized carbons (Fsp3) is 0.850. The van der Waals surface area contributed by atoms with Crippen molar-refractivity contribution >= 4 is 35.3 Å². The summed E-state index contributed by atoms with van der Waals surface area (Å²) in [4.78, 5) is 86.8. The lowest BCUT2D eigenvalue weighted by Crippen LogP contribution is -2.63. The molecule has 0 aromatic rings. The van der Waals surface area contributed by atoms with Gasteiger partial charge in [0.1, 0.15) is 18.1 Å². The zero-order chi connectivity index (χ0) is 38.6. The van der Waals surface area contributed by atoms with Gasteiger partial charge in [-0.25, -0.2) is 0 Å². The average molecular weight is 727 g/mol. The zero-order valence-electron chi connectivity index (χ0n) is 33.5.